The number of sulfone groups is 1. The number of aryl methyl sites for hydroxylation is 1. The maximum atomic E-state index is 11.5. The minimum atomic E-state index is -3.10. The van der Waals surface area contributed by atoms with Crippen molar-refractivity contribution in [3.8, 4) is 0 Å². The van der Waals surface area contributed by atoms with Gasteiger partial charge < -0.3 is 5.73 Å². The fourth-order valence-corrected chi connectivity index (χ4v) is 3.41. The van der Waals surface area contributed by atoms with Gasteiger partial charge in [0.15, 0.2) is 9.84 Å². The maximum absolute atomic E-state index is 11.5. The quantitative estimate of drug-likeness (QED) is 0.668. The van der Waals surface area contributed by atoms with Crippen molar-refractivity contribution in [2.45, 2.75) is 17.9 Å². The van der Waals surface area contributed by atoms with E-state index in [1.807, 2.05) is 13.0 Å². The second-order valence-electron chi connectivity index (χ2n) is 3.43. The van der Waals surface area contributed by atoms with Crippen molar-refractivity contribution in [1.29, 1.82) is 0 Å². The lowest BCUT2D eigenvalue weighted by Crippen LogP contribution is -2.11. The SMILES string of the molecule is Cc1ccc2c(c1)S(=O)(=O)CC2N. The lowest BCUT2D eigenvalue weighted by atomic mass is 10.1. The van der Waals surface area contributed by atoms with Crippen LogP contribution in [0, 0.1) is 6.92 Å². The summed E-state index contributed by atoms with van der Waals surface area (Å²) in [6.45, 7) is 1.87. The smallest absolute Gasteiger partial charge is 0.180 e. The number of hydrogen-bond donors (Lipinski definition) is 1. The van der Waals surface area contributed by atoms with Gasteiger partial charge in [-0.2, -0.15) is 0 Å². The molecule has 0 spiro atoms. The van der Waals surface area contributed by atoms with Crippen LogP contribution in [0.1, 0.15) is 17.2 Å². The summed E-state index contributed by atoms with van der Waals surface area (Å²) in [5.41, 5.74) is 7.40. The normalized spacial score (nSPS) is 24.3. The molecule has 0 bridgehead atoms. The molecule has 0 saturated heterocycles. The van der Waals surface area contributed by atoms with Crippen molar-refractivity contribution < 1.29 is 8.42 Å². The summed E-state index contributed by atoms with van der Waals surface area (Å²) in [6, 6.07) is 5.04. The van der Waals surface area contributed by atoms with Crippen molar-refractivity contribution in [2.75, 3.05) is 5.75 Å². The van der Waals surface area contributed by atoms with E-state index in [0.717, 1.165) is 11.1 Å². The van der Waals surface area contributed by atoms with Crippen LogP contribution in [0.2, 0.25) is 0 Å². The zero-order valence-corrected chi connectivity index (χ0v) is 8.14. The summed E-state index contributed by atoms with van der Waals surface area (Å²) < 4.78 is 23.1. The highest BCUT2D eigenvalue weighted by Gasteiger charge is 2.32. The minimum Gasteiger partial charge on any atom is -0.323 e. The Morgan fingerprint density at radius 3 is 2.85 bits per heavy atom. The molecule has 1 aliphatic heterocycles. The molecule has 4 heteroatoms. The van der Waals surface area contributed by atoms with E-state index in [0.29, 0.717) is 4.90 Å². The Bertz CT molecular complexity index is 451. The van der Waals surface area contributed by atoms with Crippen molar-refractivity contribution >= 4 is 9.84 Å². The third-order valence-electron chi connectivity index (χ3n) is 2.30. The van der Waals surface area contributed by atoms with E-state index in [1.165, 1.54) is 0 Å². The van der Waals surface area contributed by atoms with Crippen LogP contribution >= 0.6 is 0 Å². The zero-order chi connectivity index (χ0) is 9.64. The lowest BCUT2D eigenvalue weighted by Gasteiger charge is -2.01. The Labute approximate surface area is 77.5 Å². The summed E-state index contributed by atoms with van der Waals surface area (Å²) in [7, 11) is -3.10. The third-order valence-corrected chi connectivity index (χ3v) is 4.12. The van der Waals surface area contributed by atoms with Gasteiger partial charge in [-0.3, -0.25) is 0 Å². The van der Waals surface area contributed by atoms with Gasteiger partial charge in [-0.1, -0.05) is 12.1 Å². The zero-order valence-electron chi connectivity index (χ0n) is 7.32. The van der Waals surface area contributed by atoms with Gasteiger partial charge in [-0.15, -0.1) is 0 Å². The van der Waals surface area contributed by atoms with Crippen LogP contribution in [0.25, 0.3) is 0 Å². The number of fused-ring (bicyclic) bond motifs is 1. The summed E-state index contributed by atoms with van der Waals surface area (Å²) >= 11 is 0. The second-order valence-corrected chi connectivity index (χ2v) is 5.43. The van der Waals surface area contributed by atoms with Crippen LogP contribution in [0.4, 0.5) is 0 Å². The first kappa shape index (κ1) is 8.72. The summed E-state index contributed by atoms with van der Waals surface area (Å²) in [5, 5.41) is 0. The molecule has 0 fully saturated rings. The minimum absolute atomic E-state index is 0.0474. The van der Waals surface area contributed by atoms with E-state index in [-0.39, 0.29) is 11.8 Å². The number of benzene rings is 1. The van der Waals surface area contributed by atoms with Gasteiger partial charge >= 0.3 is 0 Å². The molecule has 0 saturated carbocycles. The molecule has 1 aromatic rings. The van der Waals surface area contributed by atoms with Crippen LogP contribution in [-0.4, -0.2) is 14.2 Å². The van der Waals surface area contributed by atoms with E-state index in [9.17, 15) is 8.42 Å². The molecule has 3 nitrogen and oxygen atoms in total. The van der Waals surface area contributed by atoms with Crippen molar-refractivity contribution in [2.24, 2.45) is 5.73 Å². The third kappa shape index (κ3) is 1.26. The van der Waals surface area contributed by atoms with Gasteiger partial charge in [0.25, 0.3) is 0 Å². The van der Waals surface area contributed by atoms with E-state index < -0.39 is 9.84 Å². The molecule has 0 aromatic heterocycles. The van der Waals surface area contributed by atoms with E-state index >= 15 is 0 Å². The largest absolute Gasteiger partial charge is 0.323 e. The molecule has 1 unspecified atom stereocenters. The highest BCUT2D eigenvalue weighted by molar-refractivity contribution is 7.91. The Kier molecular flexibility index (Phi) is 1.72. The number of rotatable bonds is 0. The van der Waals surface area contributed by atoms with Crippen LogP contribution < -0.4 is 5.73 Å². The predicted molar refractivity (Wildman–Crippen MR) is 50.2 cm³/mol. The molecule has 0 amide bonds. The molecular formula is C9H11NO2S. The second kappa shape index (κ2) is 2.56. The monoisotopic (exact) mass is 197 g/mol. The Morgan fingerprint density at radius 2 is 2.15 bits per heavy atom. The first-order valence-corrected chi connectivity index (χ1v) is 5.75. The van der Waals surface area contributed by atoms with Crippen molar-refractivity contribution in [1.82, 2.24) is 0 Å². The first-order valence-electron chi connectivity index (χ1n) is 4.09. The Morgan fingerprint density at radius 1 is 1.46 bits per heavy atom. The van der Waals surface area contributed by atoms with Gasteiger partial charge in [0.2, 0.25) is 0 Å². The fraction of sp³-hybridized carbons (Fsp3) is 0.333. The van der Waals surface area contributed by atoms with Crippen LogP contribution in [0.3, 0.4) is 0 Å². The molecule has 0 radical (unpaired) electrons. The van der Waals surface area contributed by atoms with Gasteiger partial charge in [-0.05, 0) is 24.1 Å². The maximum Gasteiger partial charge on any atom is 0.180 e. The lowest BCUT2D eigenvalue weighted by molar-refractivity contribution is 0.598. The van der Waals surface area contributed by atoms with Gasteiger partial charge in [0.1, 0.15) is 0 Å². The average molecular weight is 197 g/mol. The van der Waals surface area contributed by atoms with Gasteiger partial charge in [0.05, 0.1) is 10.6 Å². The van der Waals surface area contributed by atoms with E-state index in [1.54, 1.807) is 12.1 Å². The molecule has 1 aromatic carbocycles. The molecule has 70 valence electrons. The molecular weight excluding hydrogens is 186 g/mol. The molecule has 1 aliphatic rings. The molecule has 2 rings (SSSR count). The molecule has 1 heterocycles. The summed E-state index contributed by atoms with van der Waals surface area (Å²) in [6.07, 6.45) is 0. The van der Waals surface area contributed by atoms with E-state index in [4.69, 9.17) is 5.73 Å². The highest BCUT2D eigenvalue weighted by atomic mass is 32.2. The topological polar surface area (TPSA) is 60.2 Å². The van der Waals surface area contributed by atoms with Crippen molar-refractivity contribution in [3.05, 3.63) is 29.3 Å². The summed E-state index contributed by atoms with van der Waals surface area (Å²) in [5.74, 6) is 0.0474. The Hall–Kier alpha value is -0.870. The van der Waals surface area contributed by atoms with Crippen molar-refractivity contribution in [3.63, 3.8) is 0 Å². The molecule has 0 aliphatic carbocycles. The average Bonchev–Trinajstić information content (AvgIpc) is 2.23. The van der Waals surface area contributed by atoms with Gasteiger partial charge in [0, 0.05) is 6.04 Å². The van der Waals surface area contributed by atoms with Gasteiger partial charge in [-0.25, -0.2) is 8.42 Å². The van der Waals surface area contributed by atoms with Crippen LogP contribution in [-0.2, 0) is 9.84 Å². The number of hydrogen-bond acceptors (Lipinski definition) is 3. The predicted octanol–water partition coefficient (Wildman–Crippen LogP) is 0.782. The van der Waals surface area contributed by atoms with Crippen LogP contribution in [0.15, 0.2) is 23.1 Å². The molecule has 2 N–H and O–H groups in total. The first-order chi connectivity index (χ1) is 6.00. The fourth-order valence-electron chi connectivity index (χ4n) is 1.63. The standard InChI is InChI=1S/C9H11NO2S/c1-6-2-3-7-8(10)5-13(11,12)9(7)4-6/h2-4,8H,5,10H2,1H3. The number of nitrogens with two attached hydrogens (primary N) is 1. The van der Waals surface area contributed by atoms with E-state index in [2.05, 4.69) is 0 Å². The molecule has 13 heavy (non-hydrogen) atoms. The molecule has 1 atom stereocenters. The summed E-state index contributed by atoms with van der Waals surface area (Å²) in [4.78, 5) is 0.417. The van der Waals surface area contributed by atoms with Crippen LogP contribution in [0.5, 0.6) is 0 Å². The highest BCUT2D eigenvalue weighted by Crippen LogP contribution is 2.32. The Balaban J connectivity index is 2.74.